The van der Waals surface area contributed by atoms with Crippen molar-refractivity contribution in [2.75, 3.05) is 11.9 Å². The first kappa shape index (κ1) is 15.9. The van der Waals surface area contributed by atoms with Crippen LogP contribution < -0.4 is 10.6 Å². The van der Waals surface area contributed by atoms with Crippen LogP contribution in [0.25, 0.3) is 0 Å². The van der Waals surface area contributed by atoms with Gasteiger partial charge in [0.05, 0.1) is 18.2 Å². The van der Waals surface area contributed by atoms with Gasteiger partial charge in [0.1, 0.15) is 0 Å². The van der Waals surface area contributed by atoms with Crippen molar-refractivity contribution >= 4 is 39.5 Å². The zero-order valence-corrected chi connectivity index (χ0v) is 13.6. The van der Waals surface area contributed by atoms with E-state index in [-0.39, 0.29) is 12.6 Å². The molecule has 0 aromatic heterocycles. The molecule has 1 aromatic rings. The van der Waals surface area contributed by atoms with Crippen LogP contribution in [0.1, 0.15) is 18.5 Å². The molecule has 0 saturated carbocycles. The standard InChI is InChI=1S/C14H14BrClN2O3/c1-2-21-13(19)11-10(7-15)17-14(20)18-12(11)8-3-5-9(16)6-4-8/h3-6,12H,2,7H2,1H3,(H2,17,18,20). The molecular weight excluding hydrogens is 360 g/mol. The van der Waals surface area contributed by atoms with Gasteiger partial charge in [-0.05, 0) is 24.6 Å². The molecule has 0 spiro atoms. The van der Waals surface area contributed by atoms with E-state index < -0.39 is 12.0 Å². The Labute approximate surface area is 135 Å². The fourth-order valence-corrected chi connectivity index (χ4v) is 2.65. The third-order valence-corrected chi connectivity index (χ3v) is 3.80. The molecule has 2 rings (SSSR count). The Hall–Kier alpha value is -1.53. The van der Waals surface area contributed by atoms with Crippen molar-refractivity contribution in [3.63, 3.8) is 0 Å². The molecule has 5 nitrogen and oxygen atoms in total. The van der Waals surface area contributed by atoms with E-state index in [1.807, 2.05) is 0 Å². The fraction of sp³-hybridized carbons (Fsp3) is 0.286. The van der Waals surface area contributed by atoms with Gasteiger partial charge in [0.2, 0.25) is 0 Å². The molecular formula is C14H14BrClN2O3. The average Bonchev–Trinajstić information content (AvgIpc) is 2.47. The third-order valence-electron chi connectivity index (χ3n) is 2.99. The topological polar surface area (TPSA) is 67.4 Å². The van der Waals surface area contributed by atoms with E-state index in [0.717, 1.165) is 5.56 Å². The molecule has 1 atom stereocenters. The SMILES string of the molecule is CCOC(=O)C1=C(CBr)NC(=O)NC1c1ccc(Cl)cc1. The van der Waals surface area contributed by atoms with E-state index in [2.05, 4.69) is 26.6 Å². The van der Waals surface area contributed by atoms with Gasteiger partial charge < -0.3 is 15.4 Å². The van der Waals surface area contributed by atoms with Gasteiger partial charge in [0.15, 0.2) is 0 Å². The molecule has 1 aliphatic rings. The number of halogens is 2. The summed E-state index contributed by atoms with van der Waals surface area (Å²) in [5, 5.41) is 6.29. The minimum absolute atomic E-state index is 0.263. The number of urea groups is 1. The van der Waals surface area contributed by atoms with Crippen LogP contribution in [0.5, 0.6) is 0 Å². The van der Waals surface area contributed by atoms with Crippen molar-refractivity contribution in [1.82, 2.24) is 10.6 Å². The lowest BCUT2D eigenvalue weighted by Crippen LogP contribution is -2.46. The van der Waals surface area contributed by atoms with Gasteiger partial charge in [-0.25, -0.2) is 9.59 Å². The molecule has 0 fully saturated rings. The van der Waals surface area contributed by atoms with Crippen LogP contribution in [0.3, 0.4) is 0 Å². The van der Waals surface area contributed by atoms with E-state index in [9.17, 15) is 9.59 Å². The van der Waals surface area contributed by atoms with E-state index in [1.54, 1.807) is 31.2 Å². The maximum Gasteiger partial charge on any atom is 0.338 e. The van der Waals surface area contributed by atoms with Crippen molar-refractivity contribution < 1.29 is 14.3 Å². The lowest BCUT2D eigenvalue weighted by Gasteiger charge is -2.28. The number of ether oxygens (including phenoxy) is 1. The second kappa shape index (κ2) is 6.95. The Kier molecular flexibility index (Phi) is 5.25. The highest BCUT2D eigenvalue weighted by Gasteiger charge is 2.33. The lowest BCUT2D eigenvalue weighted by atomic mass is 9.96. The Morgan fingerprint density at radius 1 is 1.38 bits per heavy atom. The first-order valence-corrected chi connectivity index (χ1v) is 7.85. The summed E-state index contributed by atoms with van der Waals surface area (Å²) >= 11 is 9.15. The number of esters is 1. The summed E-state index contributed by atoms with van der Waals surface area (Å²) in [6, 6.07) is 6.02. The van der Waals surface area contributed by atoms with Crippen molar-refractivity contribution in [2.45, 2.75) is 13.0 Å². The Morgan fingerprint density at radius 3 is 2.62 bits per heavy atom. The van der Waals surface area contributed by atoms with E-state index in [0.29, 0.717) is 21.6 Å². The summed E-state index contributed by atoms with van der Waals surface area (Å²) < 4.78 is 5.09. The van der Waals surface area contributed by atoms with Crippen molar-refractivity contribution in [3.05, 3.63) is 46.1 Å². The molecule has 0 aliphatic carbocycles. The van der Waals surface area contributed by atoms with Crippen LogP contribution in [0, 0.1) is 0 Å². The molecule has 1 aromatic carbocycles. The van der Waals surface area contributed by atoms with Gasteiger partial charge in [-0.2, -0.15) is 0 Å². The van der Waals surface area contributed by atoms with Gasteiger partial charge in [-0.3, -0.25) is 0 Å². The summed E-state index contributed by atoms with van der Waals surface area (Å²) in [5.41, 5.74) is 1.64. The average molecular weight is 374 g/mol. The summed E-state index contributed by atoms with van der Waals surface area (Å²) in [7, 11) is 0. The number of allylic oxidation sites excluding steroid dienone is 1. The first-order chi connectivity index (χ1) is 10.1. The number of alkyl halides is 1. The maximum absolute atomic E-state index is 12.2. The summed E-state index contributed by atoms with van der Waals surface area (Å²) in [6.45, 7) is 2.00. The van der Waals surface area contributed by atoms with E-state index >= 15 is 0 Å². The number of amides is 2. The Balaban J connectivity index is 2.46. The molecule has 0 saturated heterocycles. The van der Waals surface area contributed by atoms with E-state index in [1.165, 1.54) is 0 Å². The largest absolute Gasteiger partial charge is 0.463 e. The van der Waals surface area contributed by atoms with Crippen molar-refractivity contribution in [1.29, 1.82) is 0 Å². The van der Waals surface area contributed by atoms with Crippen LogP contribution in [0.15, 0.2) is 35.5 Å². The molecule has 0 bridgehead atoms. The third kappa shape index (κ3) is 3.57. The van der Waals surface area contributed by atoms with Crippen molar-refractivity contribution in [2.24, 2.45) is 0 Å². The number of hydrogen-bond acceptors (Lipinski definition) is 3. The molecule has 7 heteroatoms. The van der Waals surface area contributed by atoms with Gasteiger partial charge in [-0.15, -0.1) is 0 Å². The second-order valence-electron chi connectivity index (χ2n) is 4.33. The van der Waals surface area contributed by atoms with Crippen LogP contribution >= 0.6 is 27.5 Å². The van der Waals surface area contributed by atoms with E-state index in [4.69, 9.17) is 16.3 Å². The summed E-state index contributed by atoms with van der Waals surface area (Å²) in [5.74, 6) is -0.459. The minimum atomic E-state index is -0.567. The number of carbonyl (C=O) groups excluding carboxylic acids is 2. The molecule has 2 N–H and O–H groups in total. The predicted octanol–water partition coefficient (Wildman–Crippen LogP) is 2.91. The van der Waals surface area contributed by atoms with Gasteiger partial charge in [0, 0.05) is 16.0 Å². The smallest absolute Gasteiger partial charge is 0.338 e. The zero-order valence-electron chi connectivity index (χ0n) is 11.3. The summed E-state index contributed by atoms with van der Waals surface area (Å²) in [4.78, 5) is 24.0. The normalized spacial score (nSPS) is 18.0. The monoisotopic (exact) mass is 372 g/mol. The van der Waals surface area contributed by atoms with Gasteiger partial charge in [-0.1, -0.05) is 39.7 Å². The number of benzene rings is 1. The minimum Gasteiger partial charge on any atom is -0.463 e. The van der Waals surface area contributed by atoms with Gasteiger partial charge >= 0.3 is 12.0 Å². The number of rotatable bonds is 4. The second-order valence-corrected chi connectivity index (χ2v) is 5.33. The highest BCUT2D eigenvalue weighted by atomic mass is 79.9. The molecule has 1 unspecified atom stereocenters. The molecule has 1 heterocycles. The lowest BCUT2D eigenvalue weighted by molar-refractivity contribution is -0.139. The van der Waals surface area contributed by atoms with Crippen LogP contribution in [0.4, 0.5) is 4.79 Å². The number of carbonyl (C=O) groups is 2. The Morgan fingerprint density at radius 2 is 2.05 bits per heavy atom. The number of hydrogen-bond donors (Lipinski definition) is 2. The molecule has 2 amide bonds. The quantitative estimate of drug-likeness (QED) is 0.630. The van der Waals surface area contributed by atoms with Crippen LogP contribution in [-0.2, 0) is 9.53 Å². The Bertz CT molecular complexity index is 586. The molecule has 1 aliphatic heterocycles. The predicted molar refractivity (Wildman–Crippen MR) is 83.3 cm³/mol. The highest BCUT2D eigenvalue weighted by molar-refractivity contribution is 9.09. The molecule has 112 valence electrons. The zero-order chi connectivity index (χ0) is 15.4. The summed E-state index contributed by atoms with van der Waals surface area (Å²) in [6.07, 6.45) is 0. The molecule has 0 radical (unpaired) electrons. The van der Waals surface area contributed by atoms with Crippen molar-refractivity contribution in [3.8, 4) is 0 Å². The highest BCUT2D eigenvalue weighted by Crippen LogP contribution is 2.29. The molecule has 21 heavy (non-hydrogen) atoms. The first-order valence-electron chi connectivity index (χ1n) is 6.36. The maximum atomic E-state index is 12.2. The van der Waals surface area contributed by atoms with Crippen LogP contribution in [0.2, 0.25) is 5.02 Å². The van der Waals surface area contributed by atoms with Crippen LogP contribution in [-0.4, -0.2) is 23.9 Å². The fourth-order valence-electron chi connectivity index (χ4n) is 2.08. The number of nitrogens with one attached hydrogen (secondary N) is 2. The van der Waals surface area contributed by atoms with Gasteiger partial charge in [0.25, 0.3) is 0 Å².